The zero-order valence-corrected chi connectivity index (χ0v) is 11.9. The molecular weight excluding hydrogens is 240 g/mol. The van der Waals surface area contributed by atoms with Gasteiger partial charge in [0.2, 0.25) is 10.0 Å². The molecular formula is C11H24N2O3S. The van der Waals surface area contributed by atoms with Crippen LogP contribution in [-0.2, 0) is 10.0 Å². The lowest BCUT2D eigenvalue weighted by molar-refractivity contribution is 0.146. The molecule has 0 aliphatic carbocycles. The van der Waals surface area contributed by atoms with Crippen LogP contribution in [-0.4, -0.2) is 67.3 Å². The summed E-state index contributed by atoms with van der Waals surface area (Å²) in [6, 6.07) is 0.504. The highest BCUT2D eigenvalue weighted by Gasteiger charge is 2.34. The third kappa shape index (κ3) is 3.91. The first-order valence-corrected chi connectivity index (χ1v) is 7.95. The second-order valence-corrected chi connectivity index (χ2v) is 7.13. The zero-order chi connectivity index (χ0) is 13.2. The molecule has 0 bridgehead atoms. The van der Waals surface area contributed by atoms with E-state index in [-0.39, 0.29) is 12.1 Å². The topological polar surface area (TPSA) is 60.9 Å². The average Bonchev–Trinajstić information content (AvgIpc) is 2.57. The van der Waals surface area contributed by atoms with Gasteiger partial charge >= 0.3 is 0 Å². The minimum absolute atomic E-state index is 0.125. The molecule has 0 aromatic rings. The number of likely N-dealkylation sites (N-methyl/N-ethyl adjacent to an activating group) is 1. The van der Waals surface area contributed by atoms with Crippen LogP contribution in [0.25, 0.3) is 0 Å². The molecule has 102 valence electrons. The Bertz CT molecular complexity index is 345. The van der Waals surface area contributed by atoms with Crippen molar-refractivity contribution in [2.24, 2.45) is 0 Å². The summed E-state index contributed by atoms with van der Waals surface area (Å²) < 4.78 is 24.1. The maximum atomic E-state index is 11.4. The lowest BCUT2D eigenvalue weighted by Gasteiger charge is -2.31. The highest BCUT2D eigenvalue weighted by molar-refractivity contribution is 7.88. The van der Waals surface area contributed by atoms with Gasteiger partial charge in [0.25, 0.3) is 0 Å². The molecule has 6 heteroatoms. The quantitative estimate of drug-likeness (QED) is 0.766. The van der Waals surface area contributed by atoms with Gasteiger partial charge in [0.05, 0.1) is 12.4 Å². The van der Waals surface area contributed by atoms with Crippen LogP contribution in [0.5, 0.6) is 0 Å². The molecule has 1 N–H and O–H groups in total. The van der Waals surface area contributed by atoms with E-state index in [1.54, 1.807) is 7.05 Å². The Morgan fingerprint density at radius 1 is 1.53 bits per heavy atom. The lowest BCUT2D eigenvalue weighted by Crippen LogP contribution is -2.44. The maximum absolute atomic E-state index is 11.4. The minimum atomic E-state index is -3.14. The predicted molar refractivity (Wildman–Crippen MR) is 68.3 cm³/mol. The van der Waals surface area contributed by atoms with E-state index in [1.165, 1.54) is 10.6 Å². The number of hydrogen-bond donors (Lipinski definition) is 1. The Hall–Kier alpha value is -0.170. The van der Waals surface area contributed by atoms with E-state index in [9.17, 15) is 13.5 Å². The third-order valence-electron chi connectivity index (χ3n) is 3.63. The molecule has 0 spiro atoms. The van der Waals surface area contributed by atoms with Gasteiger partial charge < -0.3 is 5.11 Å². The lowest BCUT2D eigenvalue weighted by atomic mass is 10.1. The second kappa shape index (κ2) is 5.65. The van der Waals surface area contributed by atoms with Gasteiger partial charge in [-0.1, -0.05) is 6.92 Å². The molecule has 1 fully saturated rings. The van der Waals surface area contributed by atoms with Crippen LogP contribution in [0.2, 0.25) is 0 Å². The fourth-order valence-electron chi connectivity index (χ4n) is 2.30. The summed E-state index contributed by atoms with van der Waals surface area (Å²) in [5.41, 5.74) is 0. The number of rotatable bonds is 5. The highest BCUT2D eigenvalue weighted by atomic mass is 32.2. The SMILES string of the molecule is CCC(C)N1CC(O)CC1CN(C)S(C)(=O)=O. The number of aliphatic hydroxyl groups excluding tert-OH is 1. The van der Waals surface area contributed by atoms with Crippen molar-refractivity contribution in [1.29, 1.82) is 0 Å². The first-order chi connectivity index (χ1) is 7.75. The summed E-state index contributed by atoms with van der Waals surface area (Å²) in [5, 5.41) is 9.72. The molecule has 0 saturated carbocycles. The van der Waals surface area contributed by atoms with Crippen molar-refractivity contribution in [2.75, 3.05) is 26.4 Å². The van der Waals surface area contributed by atoms with Gasteiger partial charge in [-0.25, -0.2) is 12.7 Å². The van der Waals surface area contributed by atoms with E-state index in [4.69, 9.17) is 0 Å². The van der Waals surface area contributed by atoms with Gasteiger partial charge in [-0.3, -0.25) is 4.90 Å². The average molecular weight is 264 g/mol. The summed E-state index contributed by atoms with van der Waals surface area (Å²) in [6.07, 6.45) is 2.55. The Morgan fingerprint density at radius 3 is 2.59 bits per heavy atom. The fraction of sp³-hybridized carbons (Fsp3) is 1.00. The largest absolute Gasteiger partial charge is 0.392 e. The van der Waals surface area contributed by atoms with Crippen LogP contribution in [0.1, 0.15) is 26.7 Å². The summed E-state index contributed by atoms with van der Waals surface area (Å²) in [5.74, 6) is 0. The van der Waals surface area contributed by atoms with Crippen molar-refractivity contribution in [3.05, 3.63) is 0 Å². The van der Waals surface area contributed by atoms with E-state index in [2.05, 4.69) is 18.7 Å². The molecule has 0 amide bonds. The number of sulfonamides is 1. The molecule has 1 saturated heterocycles. The van der Waals surface area contributed by atoms with Crippen molar-refractivity contribution in [3.63, 3.8) is 0 Å². The van der Waals surface area contributed by atoms with E-state index < -0.39 is 10.0 Å². The fourth-order valence-corrected chi connectivity index (χ4v) is 2.75. The molecule has 1 aliphatic rings. The summed E-state index contributed by atoms with van der Waals surface area (Å²) >= 11 is 0. The highest BCUT2D eigenvalue weighted by Crippen LogP contribution is 2.23. The molecule has 1 heterocycles. The Morgan fingerprint density at radius 2 is 2.12 bits per heavy atom. The van der Waals surface area contributed by atoms with Gasteiger partial charge in [0, 0.05) is 32.2 Å². The van der Waals surface area contributed by atoms with Gasteiger partial charge in [-0.15, -0.1) is 0 Å². The second-order valence-electron chi connectivity index (χ2n) is 5.04. The Labute approximate surface area is 104 Å². The van der Waals surface area contributed by atoms with E-state index in [0.29, 0.717) is 25.6 Å². The van der Waals surface area contributed by atoms with Crippen molar-refractivity contribution < 1.29 is 13.5 Å². The monoisotopic (exact) mass is 264 g/mol. The molecule has 0 aromatic heterocycles. The van der Waals surface area contributed by atoms with Gasteiger partial charge in [-0.2, -0.15) is 0 Å². The molecule has 17 heavy (non-hydrogen) atoms. The molecule has 1 aliphatic heterocycles. The normalized spacial score (nSPS) is 28.8. The van der Waals surface area contributed by atoms with Gasteiger partial charge in [0.15, 0.2) is 0 Å². The van der Waals surface area contributed by atoms with E-state index >= 15 is 0 Å². The van der Waals surface area contributed by atoms with Crippen molar-refractivity contribution in [1.82, 2.24) is 9.21 Å². The molecule has 0 radical (unpaired) electrons. The maximum Gasteiger partial charge on any atom is 0.211 e. The van der Waals surface area contributed by atoms with Crippen molar-refractivity contribution >= 4 is 10.0 Å². The minimum Gasteiger partial charge on any atom is -0.392 e. The van der Waals surface area contributed by atoms with Gasteiger partial charge in [0.1, 0.15) is 0 Å². The first kappa shape index (κ1) is 14.9. The number of β-amino-alcohol motifs (C(OH)–C–C–N with tert-alkyl or cyclic N) is 1. The molecule has 5 nitrogen and oxygen atoms in total. The molecule has 0 aromatic carbocycles. The van der Waals surface area contributed by atoms with Crippen LogP contribution in [0.4, 0.5) is 0 Å². The van der Waals surface area contributed by atoms with Crippen LogP contribution in [0.3, 0.4) is 0 Å². The smallest absolute Gasteiger partial charge is 0.211 e. The van der Waals surface area contributed by atoms with Gasteiger partial charge in [-0.05, 0) is 19.8 Å². The molecule has 3 atom stereocenters. The number of hydrogen-bond acceptors (Lipinski definition) is 4. The van der Waals surface area contributed by atoms with Crippen LogP contribution >= 0.6 is 0 Å². The summed E-state index contributed by atoms with van der Waals surface area (Å²) in [4.78, 5) is 2.21. The Kier molecular flexibility index (Phi) is 4.95. The third-order valence-corrected chi connectivity index (χ3v) is 4.91. The number of likely N-dealkylation sites (tertiary alicyclic amines) is 1. The molecule has 1 rings (SSSR count). The van der Waals surface area contributed by atoms with Crippen molar-refractivity contribution in [3.8, 4) is 0 Å². The standard InChI is InChI=1S/C11H24N2O3S/c1-5-9(2)13-8-11(14)6-10(13)7-12(3)17(4,15)16/h9-11,14H,5-8H2,1-4H3. The van der Waals surface area contributed by atoms with Crippen LogP contribution in [0.15, 0.2) is 0 Å². The van der Waals surface area contributed by atoms with E-state index in [1.807, 2.05) is 0 Å². The molecule has 3 unspecified atom stereocenters. The van der Waals surface area contributed by atoms with Crippen LogP contribution in [0, 0.1) is 0 Å². The zero-order valence-electron chi connectivity index (χ0n) is 11.1. The number of aliphatic hydroxyl groups is 1. The number of nitrogens with zero attached hydrogens (tertiary/aromatic N) is 2. The van der Waals surface area contributed by atoms with Crippen molar-refractivity contribution in [2.45, 2.75) is 44.9 Å². The Balaban J connectivity index is 2.68. The summed E-state index contributed by atoms with van der Waals surface area (Å²) in [7, 11) is -1.55. The van der Waals surface area contributed by atoms with Crippen LogP contribution < -0.4 is 0 Å². The first-order valence-electron chi connectivity index (χ1n) is 6.10. The summed E-state index contributed by atoms with van der Waals surface area (Å²) in [6.45, 7) is 5.33. The predicted octanol–water partition coefficient (Wildman–Crippen LogP) is 0.112. The van der Waals surface area contributed by atoms with E-state index in [0.717, 1.165) is 6.42 Å².